The second-order valence-electron chi connectivity index (χ2n) is 6.47. The Hall–Kier alpha value is -2.87. The van der Waals surface area contributed by atoms with Crippen molar-refractivity contribution in [3.8, 4) is 5.69 Å². The molecule has 7 nitrogen and oxygen atoms in total. The molecule has 0 saturated carbocycles. The molecule has 0 unspecified atom stereocenters. The summed E-state index contributed by atoms with van der Waals surface area (Å²) in [6, 6.07) is 5.68. The van der Waals surface area contributed by atoms with Gasteiger partial charge in [0.2, 0.25) is 0 Å². The lowest BCUT2D eigenvalue weighted by molar-refractivity contribution is 0.0931. The van der Waals surface area contributed by atoms with Gasteiger partial charge < -0.3 is 25.8 Å². The Kier molecular flexibility index (Phi) is 6.08. The zero-order valence-corrected chi connectivity index (χ0v) is 15.2. The van der Waals surface area contributed by atoms with Crippen molar-refractivity contribution in [3.05, 3.63) is 48.0 Å². The van der Waals surface area contributed by atoms with Gasteiger partial charge in [-0.3, -0.25) is 4.79 Å². The SMILES string of the molecule is CCNC(=O)Nc1cn(-c2cccc(F)c2)cc1C(=O)N[C@H]1CCCNC1. The molecule has 1 saturated heterocycles. The normalized spacial score (nSPS) is 16.6. The minimum atomic E-state index is -0.400. The van der Waals surface area contributed by atoms with Crippen LogP contribution in [0.2, 0.25) is 0 Å². The molecule has 27 heavy (non-hydrogen) atoms. The molecular formula is C19H24FN5O2. The van der Waals surface area contributed by atoms with E-state index in [1.54, 1.807) is 36.0 Å². The average molecular weight is 373 g/mol. The van der Waals surface area contributed by atoms with E-state index < -0.39 is 6.03 Å². The zero-order valence-electron chi connectivity index (χ0n) is 15.2. The number of benzene rings is 1. The minimum absolute atomic E-state index is 0.0427. The first kappa shape index (κ1) is 18.9. The van der Waals surface area contributed by atoms with Gasteiger partial charge in [-0.25, -0.2) is 9.18 Å². The monoisotopic (exact) mass is 373 g/mol. The lowest BCUT2D eigenvalue weighted by atomic mass is 10.1. The topological polar surface area (TPSA) is 87.2 Å². The van der Waals surface area contributed by atoms with Crippen molar-refractivity contribution in [2.75, 3.05) is 25.0 Å². The lowest BCUT2D eigenvalue weighted by Gasteiger charge is -2.23. The van der Waals surface area contributed by atoms with E-state index in [-0.39, 0.29) is 17.8 Å². The number of halogens is 1. The summed E-state index contributed by atoms with van der Waals surface area (Å²) in [7, 11) is 0. The molecule has 0 bridgehead atoms. The van der Waals surface area contributed by atoms with Crippen LogP contribution in [0, 0.1) is 5.82 Å². The van der Waals surface area contributed by atoms with Crippen LogP contribution in [0.15, 0.2) is 36.7 Å². The van der Waals surface area contributed by atoms with Crippen LogP contribution in [0.1, 0.15) is 30.1 Å². The molecule has 0 aliphatic carbocycles. The third-order valence-electron chi connectivity index (χ3n) is 4.40. The van der Waals surface area contributed by atoms with E-state index in [0.29, 0.717) is 23.5 Å². The van der Waals surface area contributed by atoms with E-state index >= 15 is 0 Å². The number of piperidine rings is 1. The molecule has 1 fully saturated rings. The molecule has 8 heteroatoms. The van der Waals surface area contributed by atoms with Crippen LogP contribution in [0.4, 0.5) is 14.9 Å². The number of hydrogen-bond donors (Lipinski definition) is 4. The Bertz CT molecular complexity index is 814. The maximum atomic E-state index is 13.6. The number of carbonyl (C=O) groups is 2. The first-order valence-corrected chi connectivity index (χ1v) is 9.11. The van der Waals surface area contributed by atoms with Crippen LogP contribution in [0.3, 0.4) is 0 Å². The highest BCUT2D eigenvalue weighted by Gasteiger charge is 2.21. The molecule has 1 atom stereocenters. The van der Waals surface area contributed by atoms with Crippen LogP contribution >= 0.6 is 0 Å². The quantitative estimate of drug-likeness (QED) is 0.648. The molecule has 0 spiro atoms. The van der Waals surface area contributed by atoms with E-state index in [9.17, 15) is 14.0 Å². The number of nitrogens with one attached hydrogen (secondary N) is 4. The number of amides is 3. The number of carbonyl (C=O) groups excluding carboxylic acids is 2. The summed E-state index contributed by atoms with van der Waals surface area (Å²) in [5.41, 5.74) is 1.26. The number of aromatic nitrogens is 1. The maximum Gasteiger partial charge on any atom is 0.319 e. The smallest absolute Gasteiger partial charge is 0.319 e. The van der Waals surface area contributed by atoms with Gasteiger partial charge in [0, 0.05) is 37.2 Å². The van der Waals surface area contributed by atoms with Crippen molar-refractivity contribution < 1.29 is 14.0 Å². The summed E-state index contributed by atoms with van der Waals surface area (Å²) in [5.74, 6) is -0.649. The predicted octanol–water partition coefficient (Wildman–Crippen LogP) is 2.24. The van der Waals surface area contributed by atoms with Crippen LogP contribution in [-0.4, -0.2) is 42.2 Å². The lowest BCUT2D eigenvalue weighted by Crippen LogP contribution is -2.45. The second-order valence-corrected chi connectivity index (χ2v) is 6.47. The van der Waals surface area contributed by atoms with E-state index in [0.717, 1.165) is 25.9 Å². The number of urea groups is 1. The third-order valence-corrected chi connectivity index (χ3v) is 4.40. The molecule has 1 aromatic heterocycles. The van der Waals surface area contributed by atoms with E-state index in [1.807, 2.05) is 0 Å². The van der Waals surface area contributed by atoms with Crippen molar-refractivity contribution in [3.63, 3.8) is 0 Å². The summed E-state index contributed by atoms with van der Waals surface area (Å²) in [4.78, 5) is 24.7. The molecule has 1 aromatic carbocycles. The van der Waals surface area contributed by atoms with Gasteiger partial charge in [-0.1, -0.05) is 6.07 Å². The molecule has 3 amide bonds. The van der Waals surface area contributed by atoms with Crippen LogP contribution in [0.25, 0.3) is 5.69 Å². The molecular weight excluding hydrogens is 349 g/mol. The van der Waals surface area contributed by atoms with Gasteiger partial charge in [-0.05, 0) is 44.5 Å². The third kappa shape index (κ3) is 4.85. The summed E-state index contributed by atoms with van der Waals surface area (Å²) in [6.45, 7) is 3.94. The fraction of sp³-hybridized carbons (Fsp3) is 0.368. The highest BCUT2D eigenvalue weighted by Crippen LogP contribution is 2.22. The standard InChI is InChI=1S/C19H24FN5O2/c1-2-22-19(27)24-17-12-25(15-7-3-5-13(20)9-15)11-16(17)18(26)23-14-6-4-8-21-10-14/h3,5,7,9,11-12,14,21H,2,4,6,8,10H2,1H3,(H,23,26)(H2,22,24,27)/t14-/m0/s1. The molecule has 1 aliphatic heterocycles. The largest absolute Gasteiger partial charge is 0.348 e. The molecule has 3 rings (SSSR count). The van der Waals surface area contributed by atoms with E-state index in [4.69, 9.17) is 0 Å². The Labute approximate surface area is 157 Å². The molecule has 2 heterocycles. The van der Waals surface area contributed by atoms with Crippen molar-refractivity contribution in [1.82, 2.24) is 20.5 Å². The fourth-order valence-corrected chi connectivity index (χ4v) is 3.09. The second kappa shape index (κ2) is 8.68. The first-order valence-electron chi connectivity index (χ1n) is 9.11. The summed E-state index contributed by atoms with van der Waals surface area (Å²) < 4.78 is 15.2. The highest BCUT2D eigenvalue weighted by molar-refractivity contribution is 6.03. The van der Waals surface area contributed by atoms with Crippen LogP contribution < -0.4 is 21.3 Å². The minimum Gasteiger partial charge on any atom is -0.348 e. The summed E-state index contributed by atoms with van der Waals surface area (Å²) >= 11 is 0. The van der Waals surface area contributed by atoms with Crippen molar-refractivity contribution in [2.45, 2.75) is 25.8 Å². The van der Waals surface area contributed by atoms with E-state index in [1.165, 1.54) is 12.1 Å². The van der Waals surface area contributed by atoms with Gasteiger partial charge >= 0.3 is 6.03 Å². The Balaban J connectivity index is 1.86. The van der Waals surface area contributed by atoms with Gasteiger partial charge in [0.15, 0.2) is 0 Å². The average Bonchev–Trinajstić information content (AvgIpc) is 3.06. The molecule has 0 radical (unpaired) electrons. The van der Waals surface area contributed by atoms with Gasteiger partial charge in [-0.2, -0.15) is 0 Å². The van der Waals surface area contributed by atoms with Gasteiger partial charge in [0.25, 0.3) is 5.91 Å². The Morgan fingerprint density at radius 1 is 1.33 bits per heavy atom. The van der Waals surface area contributed by atoms with Crippen molar-refractivity contribution in [1.29, 1.82) is 0 Å². The van der Waals surface area contributed by atoms with Crippen LogP contribution in [0.5, 0.6) is 0 Å². The summed E-state index contributed by atoms with van der Waals surface area (Å²) in [5, 5.41) is 11.6. The molecule has 1 aliphatic rings. The van der Waals surface area contributed by atoms with E-state index in [2.05, 4.69) is 21.3 Å². The summed E-state index contributed by atoms with van der Waals surface area (Å²) in [6.07, 6.45) is 5.11. The molecule has 4 N–H and O–H groups in total. The maximum absolute atomic E-state index is 13.6. The number of hydrogen-bond acceptors (Lipinski definition) is 3. The van der Waals surface area contributed by atoms with Gasteiger partial charge in [-0.15, -0.1) is 0 Å². The predicted molar refractivity (Wildman–Crippen MR) is 102 cm³/mol. The zero-order chi connectivity index (χ0) is 19.2. The van der Waals surface area contributed by atoms with Gasteiger partial charge in [0.1, 0.15) is 5.82 Å². The number of rotatable bonds is 5. The van der Waals surface area contributed by atoms with Crippen LogP contribution in [-0.2, 0) is 0 Å². The fourth-order valence-electron chi connectivity index (χ4n) is 3.09. The van der Waals surface area contributed by atoms with Gasteiger partial charge in [0.05, 0.1) is 11.3 Å². The highest BCUT2D eigenvalue weighted by atomic mass is 19.1. The Morgan fingerprint density at radius 2 is 2.19 bits per heavy atom. The van der Waals surface area contributed by atoms with Crippen molar-refractivity contribution in [2.24, 2.45) is 0 Å². The first-order chi connectivity index (χ1) is 13.1. The molecule has 144 valence electrons. The number of anilines is 1. The number of nitrogens with zero attached hydrogens (tertiary/aromatic N) is 1. The molecule has 2 aromatic rings. The Morgan fingerprint density at radius 3 is 2.89 bits per heavy atom. The van der Waals surface area contributed by atoms with Crippen molar-refractivity contribution >= 4 is 17.6 Å².